The second kappa shape index (κ2) is 6.89. The third-order valence-corrected chi connectivity index (χ3v) is 2.82. The number of nitrogens with two attached hydrogens (primary N) is 1. The summed E-state index contributed by atoms with van der Waals surface area (Å²) in [5, 5.41) is 5.33. The second-order valence-corrected chi connectivity index (χ2v) is 4.36. The van der Waals surface area contributed by atoms with Crippen LogP contribution in [-0.2, 0) is 4.74 Å². The summed E-state index contributed by atoms with van der Waals surface area (Å²) in [7, 11) is 0. The predicted molar refractivity (Wildman–Crippen MR) is 73.7 cm³/mol. The molecule has 0 radical (unpaired) electrons. The summed E-state index contributed by atoms with van der Waals surface area (Å²) in [6.07, 6.45) is 0.787. The molecule has 1 aromatic rings. The molecule has 0 saturated carbocycles. The fraction of sp³-hybridized carbons (Fsp3) is 0.357. The summed E-state index contributed by atoms with van der Waals surface area (Å²) in [6, 6.07) is 3.96. The maximum atomic E-state index is 13.7. The van der Waals surface area contributed by atoms with Gasteiger partial charge in [0.05, 0.1) is 24.8 Å². The molecule has 1 aliphatic heterocycles. The topological polar surface area (TPSA) is 76.4 Å². The highest BCUT2D eigenvalue weighted by Gasteiger charge is 2.17. The van der Waals surface area contributed by atoms with E-state index in [2.05, 4.69) is 22.5 Å². The fourth-order valence-corrected chi connectivity index (χ4v) is 1.84. The summed E-state index contributed by atoms with van der Waals surface area (Å²) in [4.78, 5) is 11.7. The zero-order valence-corrected chi connectivity index (χ0v) is 10.9. The highest BCUT2D eigenvalue weighted by Crippen LogP contribution is 2.14. The Bertz CT molecular complexity index is 545. The molecule has 0 spiro atoms. The highest BCUT2D eigenvalue weighted by atomic mass is 19.1. The van der Waals surface area contributed by atoms with Crippen LogP contribution in [-0.4, -0.2) is 31.8 Å². The average Bonchev–Trinajstić information content (AvgIpc) is 2.90. The van der Waals surface area contributed by atoms with Crippen LogP contribution >= 0.6 is 0 Å². The van der Waals surface area contributed by atoms with Crippen LogP contribution in [0.15, 0.2) is 18.2 Å². The van der Waals surface area contributed by atoms with Gasteiger partial charge in [0.2, 0.25) is 0 Å². The van der Waals surface area contributed by atoms with Crippen LogP contribution in [0, 0.1) is 17.7 Å². The Kier molecular flexibility index (Phi) is 4.93. The molecule has 1 aromatic carbocycles. The number of hydrogen-bond donors (Lipinski definition) is 3. The van der Waals surface area contributed by atoms with E-state index in [9.17, 15) is 9.18 Å². The van der Waals surface area contributed by atoms with E-state index < -0.39 is 5.82 Å². The van der Waals surface area contributed by atoms with E-state index in [1.54, 1.807) is 6.07 Å². The van der Waals surface area contributed by atoms with Crippen LogP contribution in [0.3, 0.4) is 0 Å². The van der Waals surface area contributed by atoms with Crippen molar-refractivity contribution in [3.63, 3.8) is 0 Å². The van der Waals surface area contributed by atoms with Crippen LogP contribution in [0.2, 0.25) is 0 Å². The quantitative estimate of drug-likeness (QED) is 0.707. The first-order valence-corrected chi connectivity index (χ1v) is 6.33. The number of amides is 2. The summed E-state index contributed by atoms with van der Waals surface area (Å²) in [5.41, 5.74) is 5.86. The monoisotopic (exact) mass is 277 g/mol. The molecular weight excluding hydrogens is 261 g/mol. The Labute approximate surface area is 116 Å². The van der Waals surface area contributed by atoms with Gasteiger partial charge in [-0.2, -0.15) is 0 Å². The second-order valence-electron chi connectivity index (χ2n) is 4.36. The van der Waals surface area contributed by atoms with Crippen LogP contribution in [0.1, 0.15) is 12.0 Å². The number of nitrogens with one attached hydrogen (secondary N) is 2. The molecular formula is C14H16FN3O2. The van der Waals surface area contributed by atoms with Crippen LogP contribution in [0.5, 0.6) is 0 Å². The van der Waals surface area contributed by atoms with Crippen molar-refractivity contribution in [1.29, 1.82) is 0 Å². The molecule has 2 amide bonds. The molecule has 0 aliphatic carbocycles. The van der Waals surface area contributed by atoms with Gasteiger partial charge in [-0.1, -0.05) is 11.8 Å². The Morgan fingerprint density at radius 1 is 1.55 bits per heavy atom. The van der Waals surface area contributed by atoms with Crippen molar-refractivity contribution >= 4 is 11.7 Å². The molecule has 5 nitrogen and oxygen atoms in total. The number of hydrogen-bond acceptors (Lipinski definition) is 3. The highest BCUT2D eigenvalue weighted by molar-refractivity contribution is 5.89. The van der Waals surface area contributed by atoms with Crippen molar-refractivity contribution < 1.29 is 13.9 Å². The molecule has 0 bridgehead atoms. The number of benzene rings is 1. The molecule has 1 aliphatic rings. The lowest BCUT2D eigenvalue weighted by atomic mass is 10.2. The van der Waals surface area contributed by atoms with Gasteiger partial charge >= 0.3 is 6.03 Å². The number of ether oxygens (including phenoxy) is 1. The van der Waals surface area contributed by atoms with Crippen molar-refractivity contribution in [1.82, 2.24) is 5.32 Å². The van der Waals surface area contributed by atoms with E-state index in [1.165, 1.54) is 12.1 Å². The van der Waals surface area contributed by atoms with E-state index >= 15 is 0 Å². The normalized spacial score (nSPS) is 17.2. The summed E-state index contributed by atoms with van der Waals surface area (Å²) >= 11 is 0. The van der Waals surface area contributed by atoms with Crippen molar-refractivity contribution in [2.75, 3.05) is 25.1 Å². The Morgan fingerprint density at radius 2 is 2.40 bits per heavy atom. The van der Waals surface area contributed by atoms with Gasteiger partial charge in [-0.3, -0.25) is 0 Å². The molecule has 1 saturated heterocycles. The molecule has 1 atom stereocenters. The third-order valence-electron chi connectivity index (χ3n) is 2.82. The van der Waals surface area contributed by atoms with Gasteiger partial charge in [0.15, 0.2) is 0 Å². The standard InChI is InChI=1S/C14H16FN3O2/c15-13-8-11(4-3-10(13)2-1-6-16)17-14(19)18-12-5-7-20-9-12/h3-4,8,12H,5-7,9,16H2,(H2,17,18,19). The van der Waals surface area contributed by atoms with Crippen LogP contribution in [0.25, 0.3) is 0 Å². The zero-order chi connectivity index (χ0) is 14.4. The van der Waals surface area contributed by atoms with Crippen molar-refractivity contribution in [2.24, 2.45) is 5.73 Å². The number of carbonyl (C=O) groups is 1. The number of anilines is 1. The first kappa shape index (κ1) is 14.3. The van der Waals surface area contributed by atoms with Crippen LogP contribution in [0.4, 0.5) is 14.9 Å². The number of urea groups is 1. The number of rotatable bonds is 2. The maximum absolute atomic E-state index is 13.7. The van der Waals surface area contributed by atoms with Gasteiger partial charge in [-0.15, -0.1) is 0 Å². The van der Waals surface area contributed by atoms with Gasteiger partial charge < -0.3 is 21.1 Å². The SMILES string of the molecule is NCC#Cc1ccc(NC(=O)NC2CCOC2)cc1F. The first-order chi connectivity index (χ1) is 9.69. The van der Waals surface area contributed by atoms with Gasteiger partial charge in [0.1, 0.15) is 5.82 Å². The Hall–Kier alpha value is -2.10. The largest absolute Gasteiger partial charge is 0.379 e. The molecule has 4 N–H and O–H groups in total. The predicted octanol–water partition coefficient (Wildman–Crippen LogP) is 1.05. The first-order valence-electron chi connectivity index (χ1n) is 6.33. The smallest absolute Gasteiger partial charge is 0.319 e. The van der Waals surface area contributed by atoms with Gasteiger partial charge in [0, 0.05) is 12.3 Å². The Balaban J connectivity index is 1.95. The van der Waals surface area contributed by atoms with Gasteiger partial charge in [0.25, 0.3) is 0 Å². The van der Waals surface area contributed by atoms with Crippen molar-refractivity contribution in [3.05, 3.63) is 29.6 Å². The summed E-state index contributed by atoms with van der Waals surface area (Å²) in [6.45, 7) is 1.33. The molecule has 0 aromatic heterocycles. The lowest BCUT2D eigenvalue weighted by Gasteiger charge is -2.12. The van der Waals surface area contributed by atoms with Crippen LogP contribution < -0.4 is 16.4 Å². The Morgan fingerprint density at radius 3 is 3.05 bits per heavy atom. The van der Waals surface area contributed by atoms with E-state index in [4.69, 9.17) is 10.5 Å². The van der Waals surface area contributed by atoms with E-state index in [-0.39, 0.29) is 24.2 Å². The van der Waals surface area contributed by atoms with Crippen molar-refractivity contribution in [2.45, 2.75) is 12.5 Å². The van der Waals surface area contributed by atoms with E-state index in [0.29, 0.717) is 18.9 Å². The molecule has 20 heavy (non-hydrogen) atoms. The molecule has 106 valence electrons. The molecule has 1 unspecified atom stereocenters. The molecule has 6 heteroatoms. The zero-order valence-electron chi connectivity index (χ0n) is 10.9. The summed E-state index contributed by atoms with van der Waals surface area (Å²) < 4.78 is 18.8. The molecule has 1 fully saturated rings. The van der Waals surface area contributed by atoms with Gasteiger partial charge in [-0.05, 0) is 24.6 Å². The fourth-order valence-electron chi connectivity index (χ4n) is 1.84. The summed E-state index contributed by atoms with van der Waals surface area (Å²) in [5.74, 6) is 4.70. The molecule has 2 rings (SSSR count). The minimum atomic E-state index is -0.493. The average molecular weight is 277 g/mol. The third kappa shape index (κ3) is 3.95. The molecule has 1 heterocycles. The van der Waals surface area contributed by atoms with Crippen molar-refractivity contribution in [3.8, 4) is 11.8 Å². The minimum absolute atomic E-state index is 0.00883. The van der Waals surface area contributed by atoms with E-state index in [0.717, 1.165) is 6.42 Å². The lowest BCUT2D eigenvalue weighted by Crippen LogP contribution is -2.38. The minimum Gasteiger partial charge on any atom is -0.379 e. The number of carbonyl (C=O) groups excluding carboxylic acids is 1. The van der Waals surface area contributed by atoms with E-state index in [1.807, 2.05) is 0 Å². The lowest BCUT2D eigenvalue weighted by molar-refractivity contribution is 0.189. The van der Waals surface area contributed by atoms with Gasteiger partial charge in [-0.25, -0.2) is 9.18 Å². The number of halogens is 1. The maximum Gasteiger partial charge on any atom is 0.319 e.